The summed E-state index contributed by atoms with van der Waals surface area (Å²) in [7, 11) is 1.58. The van der Waals surface area contributed by atoms with Gasteiger partial charge < -0.3 is 16.4 Å². The normalized spacial score (nSPS) is 11.6. The number of nitrogens with two attached hydrogens (primary N) is 1. The van der Waals surface area contributed by atoms with Crippen LogP contribution >= 0.6 is 12.2 Å². The van der Waals surface area contributed by atoms with E-state index in [1.54, 1.807) is 32.3 Å². The van der Waals surface area contributed by atoms with Gasteiger partial charge in [0.15, 0.2) is 0 Å². The molecule has 0 aromatic carbocycles. The number of carbonyl (C=O) groups excluding carboxylic acids is 1. The molecule has 0 aliphatic rings. The van der Waals surface area contributed by atoms with Crippen LogP contribution in [0.2, 0.25) is 0 Å². The van der Waals surface area contributed by atoms with Crippen LogP contribution in [-0.4, -0.2) is 29.0 Å². The lowest BCUT2D eigenvalue weighted by Crippen LogP contribution is -2.36. The average molecular weight is 238 g/mol. The van der Waals surface area contributed by atoms with Gasteiger partial charge in [-0.15, -0.1) is 0 Å². The Kier molecular flexibility index (Phi) is 4.19. The lowest BCUT2D eigenvalue weighted by atomic mass is 10.2. The quantitative estimate of drug-likeness (QED) is 0.656. The minimum atomic E-state index is -0.395. The largest absolute Gasteiger partial charge is 0.389 e. The number of likely N-dealkylation sites (N-methyl/N-ethyl adjacent to an activating group) is 1. The molecule has 86 valence electrons. The zero-order valence-corrected chi connectivity index (χ0v) is 9.97. The summed E-state index contributed by atoms with van der Waals surface area (Å²) in [4.78, 5) is 15.7. The molecule has 0 aliphatic carbocycles. The van der Waals surface area contributed by atoms with Gasteiger partial charge in [-0.25, -0.2) is 4.98 Å². The van der Waals surface area contributed by atoms with Gasteiger partial charge in [0.2, 0.25) is 5.91 Å². The number of nitrogens with one attached hydrogen (secondary N) is 2. The fourth-order valence-corrected chi connectivity index (χ4v) is 1.37. The number of rotatable bonds is 4. The van der Waals surface area contributed by atoms with E-state index in [2.05, 4.69) is 15.6 Å². The molecule has 0 radical (unpaired) electrons. The SMILES string of the molecule is CNC(=O)C(C)Nc1ncccc1C(N)=S. The summed E-state index contributed by atoms with van der Waals surface area (Å²) in [6.07, 6.45) is 1.61. The molecule has 4 N–H and O–H groups in total. The summed E-state index contributed by atoms with van der Waals surface area (Å²) in [6.45, 7) is 1.73. The number of anilines is 1. The molecule has 0 saturated carbocycles. The van der Waals surface area contributed by atoms with Crippen LogP contribution in [0.15, 0.2) is 18.3 Å². The molecule has 1 heterocycles. The van der Waals surface area contributed by atoms with Crippen molar-refractivity contribution >= 4 is 28.9 Å². The van der Waals surface area contributed by atoms with Gasteiger partial charge in [-0.05, 0) is 19.1 Å². The second-order valence-corrected chi connectivity index (χ2v) is 3.68. The fourth-order valence-electron chi connectivity index (χ4n) is 1.21. The molecular weight excluding hydrogens is 224 g/mol. The third-order valence-electron chi connectivity index (χ3n) is 2.07. The van der Waals surface area contributed by atoms with Crippen molar-refractivity contribution in [2.24, 2.45) is 5.73 Å². The zero-order chi connectivity index (χ0) is 12.1. The molecule has 1 aromatic rings. The lowest BCUT2D eigenvalue weighted by Gasteiger charge is -2.15. The maximum Gasteiger partial charge on any atom is 0.241 e. The summed E-state index contributed by atoms with van der Waals surface area (Å²) in [5, 5.41) is 5.49. The van der Waals surface area contributed by atoms with E-state index in [0.29, 0.717) is 11.4 Å². The molecule has 1 aromatic heterocycles. The van der Waals surface area contributed by atoms with E-state index in [1.807, 2.05) is 0 Å². The van der Waals surface area contributed by atoms with E-state index < -0.39 is 6.04 Å². The fraction of sp³-hybridized carbons (Fsp3) is 0.300. The predicted octanol–water partition coefficient (Wildman–Crippen LogP) is 0.262. The van der Waals surface area contributed by atoms with E-state index in [4.69, 9.17) is 18.0 Å². The first-order valence-electron chi connectivity index (χ1n) is 4.79. The first-order valence-corrected chi connectivity index (χ1v) is 5.20. The van der Waals surface area contributed by atoms with Crippen molar-refractivity contribution in [3.63, 3.8) is 0 Å². The van der Waals surface area contributed by atoms with Crippen molar-refractivity contribution in [2.75, 3.05) is 12.4 Å². The highest BCUT2D eigenvalue weighted by atomic mass is 32.1. The highest BCUT2D eigenvalue weighted by Gasteiger charge is 2.13. The van der Waals surface area contributed by atoms with Gasteiger partial charge in [0.1, 0.15) is 16.8 Å². The van der Waals surface area contributed by atoms with Crippen molar-refractivity contribution in [2.45, 2.75) is 13.0 Å². The van der Waals surface area contributed by atoms with Crippen molar-refractivity contribution in [1.82, 2.24) is 10.3 Å². The number of hydrogen-bond acceptors (Lipinski definition) is 4. The smallest absolute Gasteiger partial charge is 0.241 e. The molecule has 1 unspecified atom stereocenters. The van der Waals surface area contributed by atoms with Crippen LogP contribution in [0.25, 0.3) is 0 Å². The van der Waals surface area contributed by atoms with Gasteiger partial charge >= 0.3 is 0 Å². The maximum absolute atomic E-state index is 11.3. The molecule has 1 amide bonds. The summed E-state index contributed by atoms with van der Waals surface area (Å²) in [5.74, 6) is 0.394. The molecule has 1 rings (SSSR count). The molecule has 1 atom stereocenters. The third kappa shape index (κ3) is 2.90. The van der Waals surface area contributed by atoms with Crippen LogP contribution in [0, 0.1) is 0 Å². The van der Waals surface area contributed by atoms with E-state index >= 15 is 0 Å². The molecule has 0 bridgehead atoms. The number of pyridine rings is 1. The molecule has 0 fully saturated rings. The van der Waals surface area contributed by atoms with E-state index in [-0.39, 0.29) is 10.9 Å². The van der Waals surface area contributed by atoms with Gasteiger partial charge in [-0.1, -0.05) is 12.2 Å². The first-order chi connectivity index (χ1) is 7.56. The minimum absolute atomic E-state index is 0.125. The van der Waals surface area contributed by atoms with Gasteiger partial charge in [0.25, 0.3) is 0 Å². The van der Waals surface area contributed by atoms with Crippen molar-refractivity contribution < 1.29 is 4.79 Å². The highest BCUT2D eigenvalue weighted by molar-refractivity contribution is 7.80. The van der Waals surface area contributed by atoms with E-state index in [9.17, 15) is 4.79 Å². The number of amides is 1. The van der Waals surface area contributed by atoms with Crippen molar-refractivity contribution in [3.8, 4) is 0 Å². The van der Waals surface area contributed by atoms with Crippen molar-refractivity contribution in [3.05, 3.63) is 23.9 Å². The second kappa shape index (κ2) is 5.41. The van der Waals surface area contributed by atoms with E-state index in [0.717, 1.165) is 0 Å². The van der Waals surface area contributed by atoms with Crippen LogP contribution in [0.3, 0.4) is 0 Å². The molecule has 6 heteroatoms. The number of thiocarbonyl (C=S) groups is 1. The van der Waals surface area contributed by atoms with E-state index in [1.165, 1.54) is 0 Å². The Morgan fingerprint density at radius 2 is 2.31 bits per heavy atom. The Morgan fingerprint density at radius 3 is 2.88 bits per heavy atom. The van der Waals surface area contributed by atoms with Crippen LogP contribution in [0.1, 0.15) is 12.5 Å². The average Bonchev–Trinajstić information content (AvgIpc) is 2.28. The third-order valence-corrected chi connectivity index (χ3v) is 2.29. The summed E-state index contributed by atoms with van der Waals surface area (Å²) < 4.78 is 0. The number of nitrogens with zero attached hydrogens (tertiary/aromatic N) is 1. The van der Waals surface area contributed by atoms with Crippen LogP contribution < -0.4 is 16.4 Å². The molecule has 0 spiro atoms. The summed E-state index contributed by atoms with van der Waals surface area (Å²) >= 11 is 4.89. The topological polar surface area (TPSA) is 80.0 Å². The number of hydrogen-bond donors (Lipinski definition) is 3. The van der Waals surface area contributed by atoms with Gasteiger partial charge in [0, 0.05) is 13.2 Å². The maximum atomic E-state index is 11.3. The number of carbonyl (C=O) groups is 1. The Morgan fingerprint density at radius 1 is 1.62 bits per heavy atom. The Balaban J connectivity index is 2.88. The minimum Gasteiger partial charge on any atom is -0.389 e. The summed E-state index contributed by atoms with van der Waals surface area (Å²) in [6, 6.07) is 3.10. The highest BCUT2D eigenvalue weighted by Crippen LogP contribution is 2.12. The van der Waals surface area contributed by atoms with Gasteiger partial charge in [-0.3, -0.25) is 4.79 Å². The van der Waals surface area contributed by atoms with Crippen LogP contribution in [0.5, 0.6) is 0 Å². The monoisotopic (exact) mass is 238 g/mol. The standard InChI is InChI=1S/C10H14N4OS/c1-6(10(15)12-2)14-9-7(8(11)16)4-3-5-13-9/h3-6H,1-2H3,(H2,11,16)(H,12,15)(H,13,14). The zero-order valence-electron chi connectivity index (χ0n) is 9.15. The Labute approximate surface area is 99.4 Å². The molecular formula is C10H14N4OS. The second-order valence-electron chi connectivity index (χ2n) is 3.24. The molecule has 5 nitrogen and oxygen atoms in total. The van der Waals surface area contributed by atoms with Crippen LogP contribution in [0.4, 0.5) is 5.82 Å². The lowest BCUT2D eigenvalue weighted by molar-refractivity contribution is -0.121. The number of aromatic nitrogens is 1. The summed E-state index contributed by atoms with van der Waals surface area (Å²) in [5.41, 5.74) is 6.18. The van der Waals surface area contributed by atoms with Gasteiger partial charge in [0.05, 0.1) is 5.56 Å². The van der Waals surface area contributed by atoms with Gasteiger partial charge in [-0.2, -0.15) is 0 Å². The van der Waals surface area contributed by atoms with Crippen molar-refractivity contribution in [1.29, 1.82) is 0 Å². The Bertz CT molecular complexity index is 408. The first kappa shape index (κ1) is 12.4. The molecule has 0 aliphatic heterocycles. The predicted molar refractivity (Wildman–Crippen MR) is 67.3 cm³/mol. The molecule has 16 heavy (non-hydrogen) atoms. The van der Waals surface area contributed by atoms with Crippen LogP contribution in [-0.2, 0) is 4.79 Å². The Hall–Kier alpha value is -1.69. The molecule has 0 saturated heterocycles.